The number of thiazole rings is 1. The van der Waals surface area contributed by atoms with E-state index in [1.807, 2.05) is 0 Å². The molecule has 1 nitrogen and oxygen atoms in total. The number of hydrogen-bond acceptors (Lipinski definition) is 2. The van der Waals surface area contributed by atoms with Gasteiger partial charge in [-0.3, -0.25) is 0 Å². The van der Waals surface area contributed by atoms with Gasteiger partial charge in [0.1, 0.15) is 0 Å². The van der Waals surface area contributed by atoms with Gasteiger partial charge in [-0.15, -0.1) is 17.8 Å². The number of aryl methyl sites for hydroxylation is 2. The van der Waals surface area contributed by atoms with Gasteiger partial charge in [0.05, 0.1) is 10.2 Å². The van der Waals surface area contributed by atoms with Gasteiger partial charge < -0.3 is 0 Å². The Bertz CT molecular complexity index is 464. The predicted octanol–water partition coefficient (Wildman–Crippen LogP) is 2.89. The molecular formula is C11H9NS. The lowest BCUT2D eigenvalue weighted by Crippen LogP contribution is -1.78. The normalized spacial score (nSPS) is 10.2. The molecule has 1 heterocycles. The fourth-order valence-electron chi connectivity index (χ4n) is 1.32. The van der Waals surface area contributed by atoms with Crippen LogP contribution >= 0.6 is 11.3 Å². The van der Waals surface area contributed by atoms with Crippen LogP contribution in [-0.4, -0.2) is 4.98 Å². The largest absolute Gasteiger partial charge is 0.227 e. The highest BCUT2D eigenvalue weighted by Crippen LogP contribution is 2.27. The van der Waals surface area contributed by atoms with Crippen LogP contribution in [0, 0.1) is 26.2 Å². The molecule has 2 heteroatoms. The Hall–Kier alpha value is -1.33. The zero-order valence-electron chi connectivity index (χ0n) is 7.59. The quantitative estimate of drug-likeness (QED) is 0.578. The summed E-state index contributed by atoms with van der Waals surface area (Å²) in [6.45, 7) is 4.14. The minimum atomic E-state index is 0.771. The maximum atomic E-state index is 5.31. The van der Waals surface area contributed by atoms with E-state index >= 15 is 0 Å². The van der Waals surface area contributed by atoms with Crippen molar-refractivity contribution in [3.63, 3.8) is 0 Å². The van der Waals surface area contributed by atoms with Crippen molar-refractivity contribution in [3.8, 4) is 12.3 Å². The van der Waals surface area contributed by atoms with E-state index in [1.54, 1.807) is 11.3 Å². The number of aromatic nitrogens is 1. The van der Waals surface area contributed by atoms with Crippen LogP contribution in [0.3, 0.4) is 0 Å². The van der Waals surface area contributed by atoms with E-state index in [4.69, 9.17) is 6.42 Å². The second kappa shape index (κ2) is 2.86. The second-order valence-corrected chi connectivity index (χ2v) is 4.04. The van der Waals surface area contributed by atoms with Crippen LogP contribution in [0.1, 0.15) is 16.1 Å². The van der Waals surface area contributed by atoms with E-state index in [2.05, 4.69) is 36.9 Å². The summed E-state index contributed by atoms with van der Waals surface area (Å²) < 4.78 is 1.22. The maximum absolute atomic E-state index is 5.31. The number of hydrogen-bond donors (Lipinski definition) is 0. The summed E-state index contributed by atoms with van der Waals surface area (Å²) in [4.78, 5) is 4.37. The first kappa shape index (κ1) is 8.28. The van der Waals surface area contributed by atoms with Crippen molar-refractivity contribution in [2.45, 2.75) is 13.8 Å². The average molecular weight is 187 g/mol. The molecule has 0 aliphatic heterocycles. The lowest BCUT2D eigenvalue weighted by molar-refractivity contribution is 1.38. The van der Waals surface area contributed by atoms with Crippen LogP contribution in [0.4, 0.5) is 0 Å². The van der Waals surface area contributed by atoms with Gasteiger partial charge in [0.2, 0.25) is 0 Å². The first-order valence-electron chi connectivity index (χ1n) is 4.05. The zero-order valence-corrected chi connectivity index (χ0v) is 8.40. The molecule has 0 spiro atoms. The Kier molecular flexibility index (Phi) is 1.82. The summed E-state index contributed by atoms with van der Waals surface area (Å²) in [6.07, 6.45) is 5.31. The van der Waals surface area contributed by atoms with Crippen LogP contribution in [0.5, 0.6) is 0 Å². The van der Waals surface area contributed by atoms with Gasteiger partial charge in [-0.2, -0.15) is 0 Å². The van der Waals surface area contributed by atoms with Crippen molar-refractivity contribution in [1.29, 1.82) is 0 Å². The minimum absolute atomic E-state index is 0.771. The summed E-state index contributed by atoms with van der Waals surface area (Å²) in [7, 11) is 0. The maximum Gasteiger partial charge on any atom is 0.167 e. The molecule has 64 valence electrons. The monoisotopic (exact) mass is 187 g/mol. The molecule has 0 aliphatic rings. The Morgan fingerprint density at radius 2 is 2.00 bits per heavy atom. The molecule has 1 aromatic heterocycles. The lowest BCUT2D eigenvalue weighted by Gasteiger charge is -1.96. The van der Waals surface area contributed by atoms with Crippen molar-refractivity contribution >= 4 is 21.6 Å². The molecule has 2 aromatic rings. The third-order valence-electron chi connectivity index (χ3n) is 2.07. The van der Waals surface area contributed by atoms with Crippen molar-refractivity contribution in [2.24, 2.45) is 0 Å². The average Bonchev–Trinajstić information content (AvgIpc) is 2.56. The van der Waals surface area contributed by atoms with Gasteiger partial charge in [-0.1, -0.05) is 12.1 Å². The van der Waals surface area contributed by atoms with Gasteiger partial charge in [-0.25, -0.2) is 4.98 Å². The molecule has 2 rings (SSSR count). The second-order valence-electron chi connectivity index (χ2n) is 3.04. The van der Waals surface area contributed by atoms with E-state index in [9.17, 15) is 0 Å². The summed E-state index contributed by atoms with van der Waals surface area (Å²) >= 11 is 1.59. The molecule has 0 amide bonds. The Morgan fingerprint density at radius 1 is 1.31 bits per heavy atom. The van der Waals surface area contributed by atoms with E-state index in [0.29, 0.717) is 0 Å². The summed E-state index contributed by atoms with van der Waals surface area (Å²) in [5.41, 5.74) is 3.50. The standard InChI is InChI=1S/C11H9NS/c1-4-9-12-10-7(2)5-6-8(3)11(10)13-9/h1,5-6H,2-3H3. The number of fused-ring (bicyclic) bond motifs is 1. The van der Waals surface area contributed by atoms with Gasteiger partial charge >= 0.3 is 0 Å². The first-order chi connectivity index (χ1) is 6.22. The Balaban J connectivity index is 2.90. The van der Waals surface area contributed by atoms with Crippen molar-refractivity contribution in [2.75, 3.05) is 0 Å². The SMILES string of the molecule is C#Cc1nc2c(C)ccc(C)c2s1. The minimum Gasteiger partial charge on any atom is -0.227 e. The van der Waals surface area contributed by atoms with Crippen molar-refractivity contribution in [1.82, 2.24) is 4.98 Å². The fourth-order valence-corrected chi connectivity index (χ4v) is 2.24. The van der Waals surface area contributed by atoms with Crippen LogP contribution in [0.2, 0.25) is 0 Å². The van der Waals surface area contributed by atoms with Crippen LogP contribution in [0.15, 0.2) is 12.1 Å². The summed E-state index contributed by atoms with van der Waals surface area (Å²) in [6, 6.07) is 4.19. The van der Waals surface area contributed by atoms with Gasteiger partial charge in [0.15, 0.2) is 5.01 Å². The summed E-state index contributed by atoms with van der Waals surface area (Å²) in [5.74, 6) is 2.58. The topological polar surface area (TPSA) is 12.9 Å². The van der Waals surface area contributed by atoms with Crippen LogP contribution in [-0.2, 0) is 0 Å². The van der Waals surface area contributed by atoms with Crippen LogP contribution in [0.25, 0.3) is 10.2 Å². The predicted molar refractivity (Wildman–Crippen MR) is 57.0 cm³/mol. The van der Waals surface area contributed by atoms with Gasteiger partial charge in [0, 0.05) is 0 Å². The van der Waals surface area contributed by atoms with Crippen molar-refractivity contribution < 1.29 is 0 Å². The molecule has 1 aromatic carbocycles. The lowest BCUT2D eigenvalue weighted by atomic mass is 10.1. The summed E-state index contributed by atoms with van der Waals surface area (Å²) in [5, 5.41) is 0.771. The van der Waals surface area contributed by atoms with E-state index in [0.717, 1.165) is 10.5 Å². The van der Waals surface area contributed by atoms with Gasteiger partial charge in [-0.05, 0) is 30.9 Å². The molecular weight excluding hydrogens is 178 g/mol. The van der Waals surface area contributed by atoms with Gasteiger partial charge in [0.25, 0.3) is 0 Å². The first-order valence-corrected chi connectivity index (χ1v) is 4.87. The number of benzene rings is 1. The molecule has 0 fully saturated rings. The highest BCUT2D eigenvalue weighted by Gasteiger charge is 2.06. The Labute approximate surface area is 81.4 Å². The molecule has 0 N–H and O–H groups in total. The third kappa shape index (κ3) is 1.22. The number of nitrogens with zero attached hydrogens (tertiary/aromatic N) is 1. The number of terminal acetylenes is 1. The highest BCUT2D eigenvalue weighted by molar-refractivity contribution is 7.19. The fraction of sp³-hybridized carbons (Fsp3) is 0.182. The van der Waals surface area contributed by atoms with E-state index in [1.165, 1.54) is 15.8 Å². The smallest absolute Gasteiger partial charge is 0.167 e. The number of rotatable bonds is 0. The molecule has 0 saturated carbocycles. The van der Waals surface area contributed by atoms with E-state index in [-0.39, 0.29) is 0 Å². The molecule has 0 saturated heterocycles. The molecule has 0 radical (unpaired) electrons. The molecule has 0 bridgehead atoms. The third-order valence-corrected chi connectivity index (χ3v) is 3.19. The van der Waals surface area contributed by atoms with Crippen molar-refractivity contribution in [3.05, 3.63) is 28.3 Å². The van der Waals surface area contributed by atoms with Crippen LogP contribution < -0.4 is 0 Å². The molecule has 13 heavy (non-hydrogen) atoms. The Morgan fingerprint density at radius 3 is 2.62 bits per heavy atom. The highest BCUT2D eigenvalue weighted by atomic mass is 32.1. The zero-order chi connectivity index (χ0) is 9.42. The van der Waals surface area contributed by atoms with E-state index < -0.39 is 0 Å². The molecule has 0 unspecified atom stereocenters. The molecule has 0 aliphatic carbocycles. The molecule has 0 atom stereocenters.